The van der Waals surface area contributed by atoms with Crippen LogP contribution < -0.4 is 15.2 Å². The number of rotatable bonds is 6. The Kier molecular flexibility index (Phi) is 6.13. The summed E-state index contributed by atoms with van der Waals surface area (Å²) in [7, 11) is 1.26. The summed E-state index contributed by atoms with van der Waals surface area (Å²) in [5, 5.41) is 0. The second kappa shape index (κ2) is 8.74. The zero-order chi connectivity index (χ0) is 21.0. The molecule has 152 valence electrons. The molecule has 1 heterocycles. The van der Waals surface area contributed by atoms with Crippen molar-refractivity contribution in [3.8, 4) is 23.8 Å². The van der Waals surface area contributed by atoms with Gasteiger partial charge in [0, 0.05) is 18.4 Å². The zero-order valence-corrected chi connectivity index (χ0v) is 16.4. The highest BCUT2D eigenvalue weighted by Gasteiger charge is 2.41. The molecule has 0 aromatic heterocycles. The minimum Gasteiger partial charge on any atom is -0.490 e. The molecule has 3 rings (SSSR count). The molecule has 1 aliphatic heterocycles. The molecule has 0 radical (unpaired) electrons. The Hall–Kier alpha value is -3.40. The fraction of sp³-hybridized carbons (Fsp3) is 0.364. The molecule has 0 amide bonds. The van der Waals surface area contributed by atoms with Crippen LogP contribution in [0.1, 0.15) is 37.7 Å². The van der Waals surface area contributed by atoms with Gasteiger partial charge in [-0.3, -0.25) is 4.79 Å². The summed E-state index contributed by atoms with van der Waals surface area (Å²) in [4.78, 5) is 25.3. The van der Waals surface area contributed by atoms with Crippen LogP contribution in [-0.2, 0) is 19.1 Å². The predicted molar refractivity (Wildman–Crippen MR) is 105 cm³/mol. The van der Waals surface area contributed by atoms with Crippen LogP contribution in [0.15, 0.2) is 41.0 Å². The third-order valence-corrected chi connectivity index (χ3v) is 4.80. The van der Waals surface area contributed by atoms with Crippen LogP contribution in [0.3, 0.4) is 0 Å². The number of carbonyl (C=O) groups excluding carboxylic acids is 2. The number of terminal acetylenes is 1. The second-order valence-electron chi connectivity index (χ2n) is 6.55. The number of ketones is 1. The maximum atomic E-state index is 12.8. The van der Waals surface area contributed by atoms with E-state index in [-0.39, 0.29) is 23.8 Å². The van der Waals surface area contributed by atoms with Crippen LogP contribution in [0.2, 0.25) is 0 Å². The van der Waals surface area contributed by atoms with E-state index in [4.69, 9.17) is 31.1 Å². The summed E-state index contributed by atoms with van der Waals surface area (Å²) >= 11 is 0. The molecule has 1 aromatic rings. The highest BCUT2D eigenvalue weighted by Crippen LogP contribution is 2.45. The summed E-state index contributed by atoms with van der Waals surface area (Å²) in [6, 6.07) is 5.19. The summed E-state index contributed by atoms with van der Waals surface area (Å²) < 4.78 is 21.8. The summed E-state index contributed by atoms with van der Waals surface area (Å²) in [5.41, 5.74) is 7.24. The average Bonchev–Trinajstić information content (AvgIpc) is 2.71. The number of esters is 1. The van der Waals surface area contributed by atoms with Crippen molar-refractivity contribution in [3.05, 3.63) is 46.6 Å². The molecule has 1 aromatic carbocycles. The molecule has 7 heteroatoms. The molecule has 29 heavy (non-hydrogen) atoms. The van der Waals surface area contributed by atoms with Crippen molar-refractivity contribution < 1.29 is 28.5 Å². The number of methoxy groups -OCH3 is 1. The summed E-state index contributed by atoms with van der Waals surface area (Å²) in [5.74, 6) is 2.36. The first-order chi connectivity index (χ1) is 14.0. The van der Waals surface area contributed by atoms with E-state index in [9.17, 15) is 9.59 Å². The molecule has 1 aliphatic carbocycles. The van der Waals surface area contributed by atoms with Crippen molar-refractivity contribution in [2.75, 3.05) is 20.3 Å². The van der Waals surface area contributed by atoms with E-state index < -0.39 is 11.9 Å². The molecule has 7 nitrogen and oxygen atoms in total. The van der Waals surface area contributed by atoms with Gasteiger partial charge >= 0.3 is 5.97 Å². The van der Waals surface area contributed by atoms with Gasteiger partial charge < -0.3 is 24.7 Å². The fourth-order valence-electron chi connectivity index (χ4n) is 3.61. The van der Waals surface area contributed by atoms with E-state index in [1.165, 1.54) is 7.11 Å². The van der Waals surface area contributed by atoms with Gasteiger partial charge in [-0.25, -0.2) is 4.79 Å². The molecular formula is C22H23NO6. The predicted octanol–water partition coefficient (Wildman–Crippen LogP) is 2.56. The lowest BCUT2D eigenvalue weighted by Crippen LogP contribution is -2.31. The first-order valence-electron chi connectivity index (χ1n) is 9.36. The van der Waals surface area contributed by atoms with Crippen LogP contribution in [0.25, 0.3) is 0 Å². The van der Waals surface area contributed by atoms with Crippen LogP contribution in [0, 0.1) is 12.3 Å². The Balaban J connectivity index is 2.15. The van der Waals surface area contributed by atoms with Gasteiger partial charge in [0.1, 0.15) is 17.9 Å². The van der Waals surface area contributed by atoms with Crippen LogP contribution in [-0.4, -0.2) is 32.1 Å². The Morgan fingerprint density at radius 2 is 2.10 bits per heavy atom. The normalized spacial score (nSPS) is 18.5. The Morgan fingerprint density at radius 3 is 2.79 bits per heavy atom. The van der Waals surface area contributed by atoms with Crippen molar-refractivity contribution in [1.29, 1.82) is 0 Å². The largest absolute Gasteiger partial charge is 0.490 e. The molecule has 2 aliphatic rings. The number of Topliss-reactive ketones (excluding diaryl/α,β-unsaturated/α-hetero) is 1. The van der Waals surface area contributed by atoms with E-state index in [0.29, 0.717) is 54.3 Å². The molecule has 0 unspecified atom stereocenters. The van der Waals surface area contributed by atoms with Crippen molar-refractivity contribution in [2.24, 2.45) is 5.73 Å². The van der Waals surface area contributed by atoms with Crippen molar-refractivity contribution in [1.82, 2.24) is 0 Å². The van der Waals surface area contributed by atoms with Gasteiger partial charge in [-0.1, -0.05) is 12.0 Å². The maximum absolute atomic E-state index is 12.8. The first kappa shape index (κ1) is 20.3. The van der Waals surface area contributed by atoms with Gasteiger partial charge in [0.15, 0.2) is 17.3 Å². The lowest BCUT2D eigenvalue weighted by molar-refractivity contribution is -0.136. The third kappa shape index (κ3) is 3.92. The number of carbonyl (C=O) groups is 2. The van der Waals surface area contributed by atoms with Crippen molar-refractivity contribution >= 4 is 11.8 Å². The molecule has 0 fully saturated rings. The minimum absolute atomic E-state index is 0.0547. The Labute approximate surface area is 169 Å². The monoisotopic (exact) mass is 397 g/mol. The third-order valence-electron chi connectivity index (χ3n) is 4.80. The highest BCUT2D eigenvalue weighted by atomic mass is 16.5. The summed E-state index contributed by atoms with van der Waals surface area (Å²) in [6.45, 7) is 2.33. The quantitative estimate of drug-likeness (QED) is 0.582. The van der Waals surface area contributed by atoms with Gasteiger partial charge in [-0.2, -0.15) is 0 Å². The first-order valence-corrected chi connectivity index (χ1v) is 9.36. The average molecular weight is 397 g/mol. The van der Waals surface area contributed by atoms with Crippen LogP contribution >= 0.6 is 0 Å². The number of ether oxygens (including phenoxy) is 4. The lowest BCUT2D eigenvalue weighted by Gasteiger charge is -2.32. The Bertz CT molecular complexity index is 937. The van der Waals surface area contributed by atoms with Crippen molar-refractivity contribution in [3.63, 3.8) is 0 Å². The fourth-order valence-corrected chi connectivity index (χ4v) is 3.61. The van der Waals surface area contributed by atoms with Crippen LogP contribution in [0.4, 0.5) is 0 Å². The highest BCUT2D eigenvalue weighted by molar-refractivity contribution is 6.03. The molecule has 2 N–H and O–H groups in total. The Morgan fingerprint density at radius 1 is 1.31 bits per heavy atom. The smallest absolute Gasteiger partial charge is 0.340 e. The van der Waals surface area contributed by atoms with E-state index in [1.54, 1.807) is 18.2 Å². The van der Waals surface area contributed by atoms with E-state index in [2.05, 4.69) is 5.92 Å². The van der Waals surface area contributed by atoms with Gasteiger partial charge in [-0.15, -0.1) is 6.42 Å². The lowest BCUT2D eigenvalue weighted by atomic mass is 9.77. The molecule has 0 saturated heterocycles. The summed E-state index contributed by atoms with van der Waals surface area (Å²) in [6.07, 6.45) is 6.91. The molecular weight excluding hydrogens is 374 g/mol. The van der Waals surface area contributed by atoms with E-state index in [1.807, 2.05) is 6.92 Å². The number of hydrogen-bond acceptors (Lipinski definition) is 7. The second-order valence-corrected chi connectivity index (χ2v) is 6.55. The van der Waals surface area contributed by atoms with Gasteiger partial charge in [0.05, 0.1) is 19.6 Å². The van der Waals surface area contributed by atoms with E-state index in [0.717, 1.165) is 0 Å². The van der Waals surface area contributed by atoms with Crippen LogP contribution in [0.5, 0.6) is 11.5 Å². The number of nitrogens with two attached hydrogens (primary N) is 1. The molecule has 0 bridgehead atoms. The number of allylic oxidation sites excluding steroid dienone is 2. The molecule has 1 atom stereocenters. The van der Waals surface area contributed by atoms with Crippen molar-refractivity contribution in [2.45, 2.75) is 32.1 Å². The minimum atomic E-state index is -0.708. The number of hydrogen-bond donors (Lipinski definition) is 1. The van der Waals surface area contributed by atoms with E-state index >= 15 is 0 Å². The molecule has 0 saturated carbocycles. The number of benzene rings is 1. The zero-order valence-electron chi connectivity index (χ0n) is 16.4. The SMILES string of the molecule is C#CCOc1ccc([C@H]2C(C(=O)OC)=C(N)OC3=C2C(=O)CCC3)cc1OCC. The van der Waals surface area contributed by atoms with Gasteiger partial charge in [0.2, 0.25) is 5.88 Å². The standard InChI is InChI=1S/C22H23NO6/c1-4-11-28-15-10-9-13(12-17(15)27-5-2)18-19-14(24)7-6-8-16(19)29-21(23)20(18)22(25)26-3/h1,9-10,12,18H,5-8,11,23H2,2-3H3/t18-/m1/s1. The molecule has 0 spiro atoms. The maximum Gasteiger partial charge on any atom is 0.340 e. The topological polar surface area (TPSA) is 97.1 Å². The van der Waals surface area contributed by atoms with Gasteiger partial charge in [-0.05, 0) is 31.0 Å². The van der Waals surface area contributed by atoms with Gasteiger partial charge in [0.25, 0.3) is 0 Å².